The highest BCUT2D eigenvalue weighted by molar-refractivity contribution is 9.10. The van der Waals surface area contributed by atoms with Gasteiger partial charge in [0.25, 0.3) is 0 Å². The van der Waals surface area contributed by atoms with Gasteiger partial charge in [-0.3, -0.25) is 4.79 Å². The molecule has 0 aliphatic heterocycles. The van der Waals surface area contributed by atoms with E-state index < -0.39 is 0 Å². The van der Waals surface area contributed by atoms with E-state index in [9.17, 15) is 4.79 Å². The van der Waals surface area contributed by atoms with E-state index in [2.05, 4.69) is 59.4 Å². The summed E-state index contributed by atoms with van der Waals surface area (Å²) < 4.78 is 6.69. The van der Waals surface area contributed by atoms with Crippen LogP contribution in [0.5, 0.6) is 5.75 Å². The molecule has 0 spiro atoms. The summed E-state index contributed by atoms with van der Waals surface area (Å²) >= 11 is 3.45. The molecule has 0 saturated carbocycles. The molecule has 0 unspecified atom stereocenters. The summed E-state index contributed by atoms with van der Waals surface area (Å²) in [7, 11) is 0. The van der Waals surface area contributed by atoms with Crippen LogP contribution in [0, 0.1) is 5.41 Å². The smallest absolute Gasteiger partial charge is 0.220 e. The van der Waals surface area contributed by atoms with Gasteiger partial charge in [0.1, 0.15) is 5.75 Å². The van der Waals surface area contributed by atoms with Gasteiger partial charge in [0, 0.05) is 17.4 Å². The Morgan fingerprint density at radius 2 is 1.76 bits per heavy atom. The number of hydrogen-bond acceptors (Lipinski definition) is 2. The monoisotopic (exact) mass is 403 g/mol. The number of rotatable bonds is 9. The largest absolute Gasteiger partial charge is 0.494 e. The number of carbonyl (C=O) groups is 1. The Hall–Kier alpha value is -1.81. The number of carbonyl (C=O) groups excluding carboxylic acids is 1. The lowest BCUT2D eigenvalue weighted by molar-refractivity contribution is -0.121. The summed E-state index contributed by atoms with van der Waals surface area (Å²) in [6.07, 6.45) is 2.13. The van der Waals surface area contributed by atoms with Gasteiger partial charge in [-0.25, -0.2) is 0 Å². The fourth-order valence-corrected chi connectivity index (χ4v) is 2.85. The zero-order chi connectivity index (χ0) is 18.1. The lowest BCUT2D eigenvalue weighted by Gasteiger charge is -2.25. The first-order valence-corrected chi connectivity index (χ1v) is 9.43. The average molecular weight is 404 g/mol. The van der Waals surface area contributed by atoms with Gasteiger partial charge < -0.3 is 10.1 Å². The van der Waals surface area contributed by atoms with Crippen molar-refractivity contribution in [3.05, 3.63) is 64.6 Å². The maximum atomic E-state index is 12.0. The summed E-state index contributed by atoms with van der Waals surface area (Å²) in [5, 5.41) is 3.05. The number of ether oxygens (including phenoxy) is 1. The van der Waals surface area contributed by atoms with Crippen LogP contribution in [-0.2, 0) is 11.2 Å². The highest BCUT2D eigenvalue weighted by Crippen LogP contribution is 2.22. The van der Waals surface area contributed by atoms with Crippen molar-refractivity contribution >= 4 is 21.8 Å². The maximum Gasteiger partial charge on any atom is 0.220 e. The van der Waals surface area contributed by atoms with Crippen LogP contribution in [0.25, 0.3) is 0 Å². The highest BCUT2D eigenvalue weighted by Gasteiger charge is 2.19. The Kier molecular flexibility index (Phi) is 7.51. The molecule has 2 aromatic rings. The number of amides is 1. The topological polar surface area (TPSA) is 38.3 Å². The van der Waals surface area contributed by atoms with Crippen LogP contribution in [0.15, 0.2) is 59.1 Å². The molecule has 3 nitrogen and oxygen atoms in total. The van der Waals surface area contributed by atoms with E-state index in [1.54, 1.807) is 0 Å². The Morgan fingerprint density at radius 1 is 1.08 bits per heavy atom. The molecule has 0 aliphatic carbocycles. The van der Waals surface area contributed by atoms with Crippen LogP contribution in [0.4, 0.5) is 0 Å². The van der Waals surface area contributed by atoms with Crippen molar-refractivity contribution in [2.45, 2.75) is 33.1 Å². The lowest BCUT2D eigenvalue weighted by Crippen LogP contribution is -2.35. The molecule has 0 aromatic heterocycles. The first-order chi connectivity index (χ1) is 11.9. The molecule has 0 radical (unpaired) electrons. The molecule has 0 fully saturated rings. The number of hydrogen-bond donors (Lipinski definition) is 1. The summed E-state index contributed by atoms with van der Waals surface area (Å²) in [6, 6.07) is 18.0. The quantitative estimate of drug-likeness (QED) is 0.598. The lowest BCUT2D eigenvalue weighted by atomic mass is 9.85. The maximum absolute atomic E-state index is 12.0. The Balaban J connectivity index is 1.65. The molecule has 0 heterocycles. The third-order valence-electron chi connectivity index (χ3n) is 3.92. The van der Waals surface area contributed by atoms with E-state index >= 15 is 0 Å². The van der Waals surface area contributed by atoms with Crippen molar-refractivity contribution in [1.29, 1.82) is 0 Å². The van der Waals surface area contributed by atoms with Gasteiger partial charge in [-0.15, -0.1) is 0 Å². The minimum absolute atomic E-state index is 0.0179. The fourth-order valence-electron chi connectivity index (χ4n) is 2.58. The van der Waals surface area contributed by atoms with Crippen molar-refractivity contribution in [3.8, 4) is 5.75 Å². The van der Waals surface area contributed by atoms with E-state index in [1.807, 2.05) is 30.3 Å². The minimum atomic E-state index is 0.0179. The first-order valence-electron chi connectivity index (χ1n) is 8.64. The normalized spacial score (nSPS) is 11.2. The van der Waals surface area contributed by atoms with Gasteiger partial charge in [0.15, 0.2) is 0 Å². The Bertz CT molecular complexity index is 653. The third kappa shape index (κ3) is 7.74. The van der Waals surface area contributed by atoms with Crippen LogP contribution in [0.3, 0.4) is 0 Å². The fraction of sp³-hybridized carbons (Fsp3) is 0.381. The van der Waals surface area contributed by atoms with E-state index in [0.29, 0.717) is 26.0 Å². The molecule has 0 atom stereocenters. The van der Waals surface area contributed by atoms with Gasteiger partial charge in [0.2, 0.25) is 5.91 Å². The van der Waals surface area contributed by atoms with Crippen LogP contribution < -0.4 is 10.1 Å². The summed E-state index contributed by atoms with van der Waals surface area (Å²) in [6.45, 7) is 5.57. The van der Waals surface area contributed by atoms with Crippen LogP contribution in [0.1, 0.15) is 32.3 Å². The molecule has 2 rings (SSSR count). The molecule has 0 aliphatic rings. The average Bonchev–Trinajstić information content (AvgIpc) is 2.60. The zero-order valence-corrected chi connectivity index (χ0v) is 16.5. The molecular weight excluding hydrogens is 378 g/mol. The molecule has 1 amide bonds. The van der Waals surface area contributed by atoms with Gasteiger partial charge in [0.05, 0.1) is 6.61 Å². The van der Waals surface area contributed by atoms with Crippen molar-refractivity contribution < 1.29 is 9.53 Å². The second-order valence-electron chi connectivity index (χ2n) is 7.01. The molecular formula is C21H26BrNO2. The van der Waals surface area contributed by atoms with Crippen molar-refractivity contribution in [1.82, 2.24) is 5.32 Å². The summed E-state index contributed by atoms with van der Waals surface area (Å²) in [5.74, 6) is 0.930. The highest BCUT2D eigenvalue weighted by atomic mass is 79.9. The summed E-state index contributed by atoms with van der Waals surface area (Å²) in [5.41, 5.74) is 1.29. The van der Waals surface area contributed by atoms with Crippen molar-refractivity contribution in [2.24, 2.45) is 5.41 Å². The van der Waals surface area contributed by atoms with E-state index in [-0.39, 0.29) is 11.3 Å². The standard InChI is InChI=1S/C21H26BrNO2/c1-21(2,15-17-10-12-18(22)13-11-17)16-23-20(24)9-6-14-25-19-7-4-3-5-8-19/h3-5,7-8,10-13H,6,9,14-16H2,1-2H3,(H,23,24). The molecule has 134 valence electrons. The van der Waals surface area contributed by atoms with Gasteiger partial charge in [-0.1, -0.05) is 60.1 Å². The Morgan fingerprint density at radius 3 is 2.44 bits per heavy atom. The van der Waals surface area contributed by atoms with E-state index in [4.69, 9.17) is 4.74 Å². The molecule has 0 saturated heterocycles. The van der Waals surface area contributed by atoms with E-state index in [0.717, 1.165) is 16.6 Å². The van der Waals surface area contributed by atoms with E-state index in [1.165, 1.54) is 5.56 Å². The number of nitrogens with one attached hydrogen (secondary N) is 1. The molecule has 0 bridgehead atoms. The number of halogens is 1. The van der Waals surface area contributed by atoms with Gasteiger partial charge in [-0.05, 0) is 48.1 Å². The second kappa shape index (κ2) is 9.62. The van der Waals surface area contributed by atoms with Crippen molar-refractivity contribution in [2.75, 3.05) is 13.2 Å². The predicted octanol–water partition coefficient (Wildman–Crippen LogP) is 4.99. The second-order valence-corrected chi connectivity index (χ2v) is 7.92. The first kappa shape index (κ1) is 19.5. The minimum Gasteiger partial charge on any atom is -0.494 e. The Labute approximate surface area is 158 Å². The molecule has 4 heteroatoms. The SMILES string of the molecule is CC(C)(CNC(=O)CCCOc1ccccc1)Cc1ccc(Br)cc1. The predicted molar refractivity (Wildman–Crippen MR) is 106 cm³/mol. The summed E-state index contributed by atoms with van der Waals surface area (Å²) in [4.78, 5) is 12.0. The van der Waals surface area contributed by atoms with Gasteiger partial charge in [-0.2, -0.15) is 0 Å². The number of benzene rings is 2. The van der Waals surface area contributed by atoms with Crippen molar-refractivity contribution in [3.63, 3.8) is 0 Å². The zero-order valence-electron chi connectivity index (χ0n) is 14.9. The van der Waals surface area contributed by atoms with Crippen LogP contribution >= 0.6 is 15.9 Å². The van der Waals surface area contributed by atoms with Crippen LogP contribution in [-0.4, -0.2) is 19.1 Å². The molecule has 1 N–H and O–H groups in total. The van der Waals surface area contributed by atoms with Gasteiger partial charge >= 0.3 is 0 Å². The number of para-hydroxylation sites is 1. The van der Waals surface area contributed by atoms with Crippen LogP contribution in [0.2, 0.25) is 0 Å². The third-order valence-corrected chi connectivity index (χ3v) is 4.45. The molecule has 25 heavy (non-hydrogen) atoms. The molecule has 2 aromatic carbocycles.